The average Bonchev–Trinajstić information content (AvgIpc) is 2.86. The molecule has 2 rings (SSSR count). The molecule has 0 fully saturated rings. The van der Waals surface area contributed by atoms with E-state index >= 15 is 0 Å². The van der Waals surface area contributed by atoms with Crippen LogP contribution in [0.5, 0.6) is 0 Å². The SMILES string of the molecule is CC(C)CN(CC(N)=O)Cc1cnn(-c2ccccc2)c1. The molecule has 112 valence electrons. The summed E-state index contributed by atoms with van der Waals surface area (Å²) in [5.74, 6) is 0.180. The van der Waals surface area contributed by atoms with E-state index in [1.807, 2.05) is 47.4 Å². The standard InChI is InChI=1S/C16H22N4O/c1-13(2)9-19(12-16(17)21)10-14-8-18-20(11-14)15-6-4-3-5-7-15/h3-8,11,13H,9-10,12H2,1-2H3,(H2,17,21). The van der Waals surface area contributed by atoms with Gasteiger partial charge >= 0.3 is 0 Å². The Morgan fingerprint density at radius 3 is 2.67 bits per heavy atom. The second-order valence-corrected chi connectivity index (χ2v) is 5.66. The van der Waals surface area contributed by atoms with Crippen LogP contribution in [0.15, 0.2) is 42.7 Å². The maximum Gasteiger partial charge on any atom is 0.231 e. The minimum Gasteiger partial charge on any atom is -0.369 e. The molecule has 1 heterocycles. The van der Waals surface area contributed by atoms with Crippen LogP contribution in [-0.2, 0) is 11.3 Å². The van der Waals surface area contributed by atoms with Gasteiger partial charge in [-0.15, -0.1) is 0 Å². The van der Waals surface area contributed by atoms with Crippen LogP contribution in [0, 0.1) is 5.92 Å². The number of aromatic nitrogens is 2. The fourth-order valence-corrected chi connectivity index (χ4v) is 2.34. The molecule has 21 heavy (non-hydrogen) atoms. The van der Waals surface area contributed by atoms with Gasteiger partial charge in [0.2, 0.25) is 5.91 Å². The van der Waals surface area contributed by atoms with Gasteiger partial charge in [-0.2, -0.15) is 5.10 Å². The quantitative estimate of drug-likeness (QED) is 0.844. The maximum absolute atomic E-state index is 11.2. The highest BCUT2D eigenvalue weighted by atomic mass is 16.1. The molecule has 2 aromatic rings. The molecule has 0 saturated heterocycles. The highest BCUT2D eigenvalue weighted by Crippen LogP contribution is 2.10. The van der Waals surface area contributed by atoms with Crippen LogP contribution in [0.4, 0.5) is 0 Å². The van der Waals surface area contributed by atoms with Gasteiger partial charge in [0.05, 0.1) is 18.4 Å². The molecule has 1 aromatic carbocycles. The van der Waals surface area contributed by atoms with Gasteiger partial charge in [-0.3, -0.25) is 9.69 Å². The van der Waals surface area contributed by atoms with Crippen molar-refractivity contribution in [2.45, 2.75) is 20.4 Å². The third-order valence-electron chi connectivity index (χ3n) is 3.07. The van der Waals surface area contributed by atoms with E-state index in [0.29, 0.717) is 12.5 Å². The molecular formula is C16H22N4O. The minimum absolute atomic E-state index is 0.273. The molecule has 1 aromatic heterocycles. The molecule has 2 N–H and O–H groups in total. The highest BCUT2D eigenvalue weighted by Gasteiger charge is 2.12. The topological polar surface area (TPSA) is 64.2 Å². The molecular weight excluding hydrogens is 264 g/mol. The molecule has 5 nitrogen and oxygen atoms in total. The van der Waals surface area contributed by atoms with Gasteiger partial charge in [-0.1, -0.05) is 32.0 Å². The third-order valence-corrected chi connectivity index (χ3v) is 3.07. The average molecular weight is 286 g/mol. The molecule has 0 spiro atoms. The van der Waals surface area contributed by atoms with Gasteiger partial charge in [0.15, 0.2) is 0 Å². The molecule has 0 aliphatic carbocycles. The van der Waals surface area contributed by atoms with Crippen molar-refractivity contribution in [3.8, 4) is 5.69 Å². The number of hydrogen-bond donors (Lipinski definition) is 1. The van der Waals surface area contributed by atoms with Crippen molar-refractivity contribution in [3.05, 3.63) is 48.3 Å². The van der Waals surface area contributed by atoms with Crippen molar-refractivity contribution >= 4 is 5.91 Å². The summed E-state index contributed by atoms with van der Waals surface area (Å²) in [5.41, 5.74) is 7.41. The normalized spacial score (nSPS) is 11.2. The Balaban J connectivity index is 2.07. The first-order valence-corrected chi connectivity index (χ1v) is 7.14. The lowest BCUT2D eigenvalue weighted by molar-refractivity contribution is -0.119. The lowest BCUT2D eigenvalue weighted by Crippen LogP contribution is -2.35. The summed E-state index contributed by atoms with van der Waals surface area (Å²) in [6.07, 6.45) is 3.82. The molecule has 0 unspecified atom stereocenters. The summed E-state index contributed by atoms with van der Waals surface area (Å²) < 4.78 is 1.84. The zero-order chi connectivity index (χ0) is 15.2. The smallest absolute Gasteiger partial charge is 0.231 e. The van der Waals surface area contributed by atoms with E-state index in [4.69, 9.17) is 5.73 Å². The number of primary amides is 1. The lowest BCUT2D eigenvalue weighted by atomic mass is 10.2. The number of nitrogens with two attached hydrogens (primary N) is 1. The number of rotatable bonds is 7. The molecule has 0 aliphatic rings. The van der Waals surface area contributed by atoms with Crippen molar-refractivity contribution in [1.29, 1.82) is 0 Å². The van der Waals surface area contributed by atoms with Gasteiger partial charge in [0.1, 0.15) is 0 Å². The van der Waals surface area contributed by atoms with Crippen molar-refractivity contribution in [2.75, 3.05) is 13.1 Å². The van der Waals surface area contributed by atoms with E-state index in [2.05, 4.69) is 23.8 Å². The zero-order valence-corrected chi connectivity index (χ0v) is 12.6. The number of nitrogens with zero attached hydrogens (tertiary/aromatic N) is 3. The predicted octanol–water partition coefficient (Wildman–Crippen LogP) is 1.82. The van der Waals surface area contributed by atoms with Crippen LogP contribution in [0.1, 0.15) is 19.4 Å². The summed E-state index contributed by atoms with van der Waals surface area (Å²) in [7, 11) is 0. The molecule has 0 aliphatic heterocycles. The van der Waals surface area contributed by atoms with Gasteiger partial charge in [0, 0.05) is 24.8 Å². The number of hydrogen-bond acceptors (Lipinski definition) is 3. The summed E-state index contributed by atoms with van der Waals surface area (Å²) >= 11 is 0. The Hall–Kier alpha value is -2.14. The molecule has 0 atom stereocenters. The third kappa shape index (κ3) is 4.72. The van der Waals surface area contributed by atoms with Crippen LogP contribution < -0.4 is 5.73 Å². The van der Waals surface area contributed by atoms with Crippen LogP contribution in [0.3, 0.4) is 0 Å². The number of benzene rings is 1. The summed E-state index contributed by atoms with van der Waals surface area (Å²) in [6.45, 7) is 6.03. The van der Waals surface area contributed by atoms with Crippen molar-refractivity contribution in [1.82, 2.24) is 14.7 Å². The van der Waals surface area contributed by atoms with E-state index in [1.165, 1.54) is 0 Å². The second kappa shape index (κ2) is 7.04. The molecule has 0 saturated carbocycles. The Labute approximate surface area is 125 Å². The van der Waals surface area contributed by atoms with E-state index in [9.17, 15) is 4.79 Å². The van der Waals surface area contributed by atoms with E-state index in [1.54, 1.807) is 0 Å². The van der Waals surface area contributed by atoms with E-state index in [-0.39, 0.29) is 12.5 Å². The van der Waals surface area contributed by atoms with Crippen LogP contribution in [0.25, 0.3) is 5.69 Å². The first-order chi connectivity index (χ1) is 10.0. The largest absolute Gasteiger partial charge is 0.369 e. The second-order valence-electron chi connectivity index (χ2n) is 5.66. The summed E-state index contributed by atoms with van der Waals surface area (Å²) in [5, 5.41) is 4.37. The highest BCUT2D eigenvalue weighted by molar-refractivity contribution is 5.75. The lowest BCUT2D eigenvalue weighted by Gasteiger charge is -2.21. The Morgan fingerprint density at radius 2 is 2.05 bits per heavy atom. The van der Waals surface area contributed by atoms with Crippen molar-refractivity contribution < 1.29 is 4.79 Å². The van der Waals surface area contributed by atoms with Crippen LogP contribution >= 0.6 is 0 Å². The number of carbonyl (C=O) groups is 1. The van der Waals surface area contributed by atoms with Crippen molar-refractivity contribution in [2.24, 2.45) is 11.7 Å². The molecule has 0 bridgehead atoms. The van der Waals surface area contributed by atoms with Crippen LogP contribution in [0.2, 0.25) is 0 Å². The molecule has 5 heteroatoms. The minimum atomic E-state index is -0.300. The Morgan fingerprint density at radius 1 is 1.33 bits per heavy atom. The maximum atomic E-state index is 11.2. The molecule has 0 radical (unpaired) electrons. The Bertz CT molecular complexity index is 577. The Kier molecular flexibility index (Phi) is 5.11. The van der Waals surface area contributed by atoms with E-state index < -0.39 is 0 Å². The fraction of sp³-hybridized carbons (Fsp3) is 0.375. The monoisotopic (exact) mass is 286 g/mol. The molecule has 1 amide bonds. The first kappa shape index (κ1) is 15.3. The number of para-hydroxylation sites is 1. The first-order valence-electron chi connectivity index (χ1n) is 7.14. The fourth-order valence-electron chi connectivity index (χ4n) is 2.34. The van der Waals surface area contributed by atoms with E-state index in [0.717, 1.165) is 17.8 Å². The van der Waals surface area contributed by atoms with Gasteiger partial charge < -0.3 is 5.73 Å². The van der Waals surface area contributed by atoms with Gasteiger partial charge in [-0.25, -0.2) is 4.68 Å². The summed E-state index contributed by atoms with van der Waals surface area (Å²) in [4.78, 5) is 13.2. The number of carbonyl (C=O) groups excluding carboxylic acids is 1. The predicted molar refractivity (Wildman–Crippen MR) is 82.9 cm³/mol. The van der Waals surface area contributed by atoms with Crippen LogP contribution in [-0.4, -0.2) is 33.7 Å². The van der Waals surface area contributed by atoms with Gasteiger partial charge in [0.25, 0.3) is 0 Å². The zero-order valence-electron chi connectivity index (χ0n) is 12.6. The number of amides is 1. The van der Waals surface area contributed by atoms with Gasteiger partial charge in [-0.05, 0) is 18.1 Å². The summed E-state index contributed by atoms with van der Waals surface area (Å²) in [6, 6.07) is 9.95. The van der Waals surface area contributed by atoms with Crippen molar-refractivity contribution in [3.63, 3.8) is 0 Å².